The third-order valence-electron chi connectivity index (χ3n) is 5.95. The maximum atomic E-state index is 13.2. The van der Waals surface area contributed by atoms with Crippen LogP contribution in [0.25, 0.3) is 6.08 Å². The van der Waals surface area contributed by atoms with Gasteiger partial charge in [0.1, 0.15) is 16.5 Å². The zero-order chi connectivity index (χ0) is 21.1. The van der Waals surface area contributed by atoms with E-state index in [0.29, 0.717) is 0 Å². The van der Waals surface area contributed by atoms with Gasteiger partial charge in [-0.3, -0.25) is 4.79 Å². The van der Waals surface area contributed by atoms with E-state index < -0.39 is 22.2 Å². The highest BCUT2D eigenvalue weighted by atomic mass is 35.5. The van der Waals surface area contributed by atoms with Crippen LogP contribution >= 0.6 is 23.2 Å². The quantitative estimate of drug-likeness (QED) is 0.409. The first kappa shape index (κ1) is 21.2. The smallest absolute Gasteiger partial charge is 0.326 e. The van der Waals surface area contributed by atoms with Gasteiger partial charge in [-0.05, 0) is 23.3 Å². The molecule has 148 valence electrons. The molecule has 0 heterocycles. The number of hydrogen-bond donors (Lipinski definition) is 0. The Bertz CT molecular complexity index is 982. The predicted octanol–water partition coefficient (Wildman–Crippen LogP) is 6.16. The molecule has 0 radical (unpaired) electrons. The van der Waals surface area contributed by atoms with E-state index in [9.17, 15) is 4.79 Å². The fourth-order valence-electron chi connectivity index (χ4n) is 4.47. The fourth-order valence-corrected chi connectivity index (χ4v) is 4.80. The molecule has 0 spiro atoms. The fraction of sp³-hybridized carbons (Fsp3) is 0.240. The minimum Gasteiger partial charge on any atom is -0.460 e. The SMILES string of the molecule is C#CC1(C(=O)OCC=Cc2ccccc2)C(C)(C)C1(C=C(Cl)Cl)c1ccccc1. The summed E-state index contributed by atoms with van der Waals surface area (Å²) < 4.78 is 5.66. The summed E-state index contributed by atoms with van der Waals surface area (Å²) in [6, 6.07) is 19.3. The van der Waals surface area contributed by atoms with Crippen molar-refractivity contribution < 1.29 is 9.53 Å². The number of hydrogen-bond acceptors (Lipinski definition) is 2. The van der Waals surface area contributed by atoms with Crippen LogP contribution in [0.1, 0.15) is 25.0 Å². The molecular formula is C25H22Cl2O2. The summed E-state index contributed by atoms with van der Waals surface area (Å²) in [5.74, 6) is 2.27. The summed E-state index contributed by atoms with van der Waals surface area (Å²) >= 11 is 12.1. The zero-order valence-electron chi connectivity index (χ0n) is 16.4. The number of rotatable bonds is 6. The second-order valence-corrected chi connectivity index (χ2v) is 8.55. The number of terminal acetylenes is 1. The van der Waals surface area contributed by atoms with Crippen LogP contribution in [0, 0.1) is 23.2 Å². The normalized spacial score (nSPS) is 24.5. The first-order chi connectivity index (χ1) is 13.8. The van der Waals surface area contributed by atoms with E-state index in [1.54, 1.807) is 12.2 Å². The van der Waals surface area contributed by atoms with Gasteiger partial charge in [0.25, 0.3) is 0 Å². The number of carbonyl (C=O) groups excluding carboxylic acids is 1. The monoisotopic (exact) mass is 424 g/mol. The number of esters is 1. The van der Waals surface area contributed by atoms with Crippen molar-refractivity contribution in [2.75, 3.05) is 6.61 Å². The minimum absolute atomic E-state index is 0.0656. The van der Waals surface area contributed by atoms with Crippen LogP contribution in [-0.2, 0) is 14.9 Å². The standard InChI is InChI=1S/C25H22Cl2O2/c1-4-24(22(28)29-17-11-14-19-12-7-5-8-13-19)23(2,3)25(24,18-21(26)27)20-15-9-6-10-16-20/h1,5-16,18H,17H2,2-3H3. The Morgan fingerprint density at radius 1 is 1.07 bits per heavy atom. The first-order valence-corrected chi connectivity index (χ1v) is 10.0. The van der Waals surface area contributed by atoms with E-state index in [-0.39, 0.29) is 11.1 Å². The van der Waals surface area contributed by atoms with Gasteiger partial charge in [0.15, 0.2) is 0 Å². The molecule has 0 aliphatic heterocycles. The van der Waals surface area contributed by atoms with E-state index in [2.05, 4.69) is 5.92 Å². The van der Waals surface area contributed by atoms with Crippen molar-refractivity contribution in [3.05, 3.63) is 88.4 Å². The molecule has 2 atom stereocenters. The number of carbonyl (C=O) groups is 1. The Hall–Kier alpha value is -2.47. The Labute approximate surface area is 182 Å². The van der Waals surface area contributed by atoms with Crippen LogP contribution in [0.5, 0.6) is 0 Å². The highest BCUT2D eigenvalue weighted by Gasteiger charge is 2.86. The largest absolute Gasteiger partial charge is 0.460 e. The molecule has 1 aliphatic carbocycles. The number of ether oxygens (including phenoxy) is 1. The molecular weight excluding hydrogens is 403 g/mol. The van der Waals surface area contributed by atoms with Crippen molar-refractivity contribution in [3.8, 4) is 12.3 Å². The van der Waals surface area contributed by atoms with Crippen LogP contribution in [-0.4, -0.2) is 12.6 Å². The Balaban J connectivity index is 1.90. The Morgan fingerprint density at radius 3 is 2.21 bits per heavy atom. The van der Waals surface area contributed by atoms with Gasteiger partial charge < -0.3 is 4.74 Å². The predicted molar refractivity (Wildman–Crippen MR) is 119 cm³/mol. The maximum Gasteiger partial charge on any atom is 0.326 e. The molecule has 2 aromatic carbocycles. The summed E-state index contributed by atoms with van der Waals surface area (Å²) in [5.41, 5.74) is -0.798. The molecule has 3 rings (SSSR count). The van der Waals surface area contributed by atoms with Crippen molar-refractivity contribution in [3.63, 3.8) is 0 Å². The van der Waals surface area contributed by atoms with E-state index in [1.165, 1.54) is 0 Å². The molecule has 0 amide bonds. The molecule has 29 heavy (non-hydrogen) atoms. The molecule has 2 nitrogen and oxygen atoms in total. The number of allylic oxidation sites excluding steroid dienone is 1. The summed E-state index contributed by atoms with van der Waals surface area (Å²) in [5, 5.41) is 0. The van der Waals surface area contributed by atoms with Crippen LogP contribution in [0.4, 0.5) is 0 Å². The van der Waals surface area contributed by atoms with E-state index in [4.69, 9.17) is 34.4 Å². The second kappa shape index (κ2) is 8.11. The average molecular weight is 425 g/mol. The van der Waals surface area contributed by atoms with Gasteiger partial charge in [-0.1, -0.05) is 110 Å². The van der Waals surface area contributed by atoms with E-state index in [1.807, 2.05) is 80.6 Å². The van der Waals surface area contributed by atoms with Crippen molar-refractivity contribution >= 4 is 35.2 Å². The van der Waals surface area contributed by atoms with Gasteiger partial charge in [0.05, 0.1) is 5.41 Å². The van der Waals surface area contributed by atoms with Gasteiger partial charge in [-0.2, -0.15) is 0 Å². The Kier molecular flexibility index (Phi) is 5.94. The summed E-state index contributed by atoms with van der Waals surface area (Å²) in [7, 11) is 0. The molecule has 1 aliphatic rings. The zero-order valence-corrected chi connectivity index (χ0v) is 17.9. The van der Waals surface area contributed by atoms with Gasteiger partial charge in [0, 0.05) is 5.41 Å². The summed E-state index contributed by atoms with van der Waals surface area (Å²) in [4.78, 5) is 13.2. The highest BCUT2D eigenvalue weighted by Crippen LogP contribution is 2.79. The lowest BCUT2D eigenvalue weighted by atomic mass is 9.85. The topological polar surface area (TPSA) is 26.3 Å². The molecule has 0 saturated heterocycles. The van der Waals surface area contributed by atoms with Crippen LogP contribution in [0.2, 0.25) is 0 Å². The highest BCUT2D eigenvalue weighted by molar-refractivity contribution is 6.56. The van der Waals surface area contributed by atoms with Gasteiger partial charge in [0.2, 0.25) is 0 Å². The van der Waals surface area contributed by atoms with E-state index >= 15 is 0 Å². The van der Waals surface area contributed by atoms with Crippen LogP contribution < -0.4 is 0 Å². The molecule has 0 aromatic heterocycles. The van der Waals surface area contributed by atoms with Crippen molar-refractivity contribution in [1.29, 1.82) is 0 Å². The Morgan fingerprint density at radius 2 is 1.66 bits per heavy atom. The first-order valence-electron chi connectivity index (χ1n) is 9.29. The average Bonchev–Trinajstić information content (AvgIpc) is 3.15. The summed E-state index contributed by atoms with van der Waals surface area (Å²) in [6.07, 6.45) is 11.3. The molecule has 0 bridgehead atoms. The van der Waals surface area contributed by atoms with Crippen molar-refractivity contribution in [1.82, 2.24) is 0 Å². The molecule has 0 N–H and O–H groups in total. The van der Waals surface area contributed by atoms with Crippen molar-refractivity contribution in [2.45, 2.75) is 19.3 Å². The second-order valence-electron chi connectivity index (χ2n) is 7.54. The lowest BCUT2D eigenvalue weighted by molar-refractivity contribution is -0.148. The summed E-state index contributed by atoms with van der Waals surface area (Å²) in [6.45, 7) is 4.00. The third-order valence-corrected chi connectivity index (χ3v) is 6.17. The molecule has 1 fully saturated rings. The van der Waals surface area contributed by atoms with Gasteiger partial charge >= 0.3 is 5.97 Å². The van der Waals surface area contributed by atoms with Gasteiger partial charge in [-0.15, -0.1) is 6.42 Å². The van der Waals surface area contributed by atoms with Crippen molar-refractivity contribution in [2.24, 2.45) is 10.8 Å². The van der Waals surface area contributed by atoms with Gasteiger partial charge in [-0.25, -0.2) is 0 Å². The minimum atomic E-state index is -1.21. The maximum absolute atomic E-state index is 13.2. The van der Waals surface area contributed by atoms with Crippen LogP contribution in [0.3, 0.4) is 0 Å². The molecule has 2 aromatic rings. The molecule has 1 saturated carbocycles. The lowest BCUT2D eigenvalue weighted by Crippen LogP contribution is -2.27. The van der Waals surface area contributed by atoms with Crippen LogP contribution in [0.15, 0.2) is 77.3 Å². The molecule has 4 heteroatoms. The number of benzene rings is 2. The lowest BCUT2D eigenvalue weighted by Gasteiger charge is -2.18. The van der Waals surface area contributed by atoms with E-state index in [0.717, 1.165) is 11.1 Å². The third kappa shape index (κ3) is 3.29. The number of halogens is 2. The molecule has 2 unspecified atom stereocenters.